The van der Waals surface area contributed by atoms with Gasteiger partial charge in [0.05, 0.1) is 0 Å². The third kappa shape index (κ3) is 5.79. The topological polar surface area (TPSA) is 80.6 Å². The zero-order valence-corrected chi connectivity index (χ0v) is 13.9. The third-order valence-electron chi connectivity index (χ3n) is 3.27. The third-order valence-corrected chi connectivity index (χ3v) is 3.27. The smallest absolute Gasteiger partial charge is 0.305 e. The van der Waals surface area contributed by atoms with E-state index in [1.165, 1.54) is 0 Å². The first kappa shape index (κ1) is 17.6. The number of hydrogen-bond donors (Lipinski definition) is 2. The Balaban J connectivity index is 1.77. The standard InChI is InChI=1S/C18H22N2O4/c1-13(2)8-11-17(21)19-20-18(22)16-10-9-15(24-16)12-23-14-6-4-3-5-7-14/h3-7,9-10,13H,8,11-12H2,1-2H3,(H,19,21)(H,20,22). The van der Waals surface area contributed by atoms with E-state index < -0.39 is 5.91 Å². The zero-order valence-electron chi connectivity index (χ0n) is 13.9. The first-order valence-corrected chi connectivity index (χ1v) is 7.90. The number of benzene rings is 1. The summed E-state index contributed by atoms with van der Waals surface area (Å²) in [5.74, 6) is 1.07. The summed E-state index contributed by atoms with van der Waals surface area (Å²) >= 11 is 0. The van der Waals surface area contributed by atoms with E-state index in [2.05, 4.69) is 10.9 Å². The van der Waals surface area contributed by atoms with Crippen molar-refractivity contribution in [3.05, 3.63) is 54.0 Å². The minimum absolute atomic E-state index is 0.117. The number of ether oxygens (including phenoxy) is 1. The summed E-state index contributed by atoms with van der Waals surface area (Å²) in [6, 6.07) is 12.5. The molecular formula is C18H22N2O4. The van der Waals surface area contributed by atoms with Crippen molar-refractivity contribution in [2.75, 3.05) is 0 Å². The first-order chi connectivity index (χ1) is 11.5. The van der Waals surface area contributed by atoms with Gasteiger partial charge in [-0.05, 0) is 36.6 Å². The number of carbonyl (C=O) groups excluding carboxylic acids is 2. The summed E-state index contributed by atoms with van der Waals surface area (Å²) < 4.78 is 11.0. The van der Waals surface area contributed by atoms with E-state index in [4.69, 9.17) is 9.15 Å². The number of amides is 2. The van der Waals surface area contributed by atoms with Gasteiger partial charge in [0.25, 0.3) is 0 Å². The Kier molecular flexibility index (Phi) is 6.42. The minimum Gasteiger partial charge on any atom is -0.486 e. The van der Waals surface area contributed by atoms with Crippen LogP contribution in [0.4, 0.5) is 0 Å². The maximum Gasteiger partial charge on any atom is 0.305 e. The van der Waals surface area contributed by atoms with Crippen LogP contribution in [0, 0.1) is 5.92 Å². The van der Waals surface area contributed by atoms with E-state index >= 15 is 0 Å². The van der Waals surface area contributed by atoms with Crippen molar-refractivity contribution >= 4 is 11.8 Å². The molecular weight excluding hydrogens is 308 g/mol. The second-order valence-electron chi connectivity index (χ2n) is 5.80. The van der Waals surface area contributed by atoms with Crippen molar-refractivity contribution < 1.29 is 18.7 Å². The molecule has 1 aromatic heterocycles. The highest BCUT2D eigenvalue weighted by atomic mass is 16.5. The SMILES string of the molecule is CC(C)CCC(=O)NNC(=O)c1ccc(COc2ccccc2)o1. The summed E-state index contributed by atoms with van der Waals surface area (Å²) in [6.45, 7) is 4.29. The number of hydrazine groups is 1. The Morgan fingerprint density at radius 3 is 2.54 bits per heavy atom. The molecule has 0 saturated carbocycles. The predicted octanol–water partition coefficient (Wildman–Crippen LogP) is 3.06. The molecule has 2 N–H and O–H groups in total. The van der Waals surface area contributed by atoms with Gasteiger partial charge in [-0.1, -0.05) is 32.0 Å². The van der Waals surface area contributed by atoms with Crippen molar-refractivity contribution in [1.29, 1.82) is 0 Å². The van der Waals surface area contributed by atoms with Crippen LogP contribution >= 0.6 is 0 Å². The number of hydrogen-bond acceptors (Lipinski definition) is 4. The number of rotatable bonds is 7. The van der Waals surface area contributed by atoms with Crippen molar-refractivity contribution in [3.8, 4) is 5.75 Å². The molecule has 0 radical (unpaired) electrons. The molecule has 2 aromatic rings. The molecule has 0 atom stereocenters. The fourth-order valence-corrected chi connectivity index (χ4v) is 1.92. The van der Waals surface area contributed by atoms with Crippen molar-refractivity contribution in [2.45, 2.75) is 33.3 Å². The molecule has 0 aliphatic carbocycles. The molecule has 6 heteroatoms. The quantitative estimate of drug-likeness (QED) is 0.765. The summed E-state index contributed by atoms with van der Waals surface area (Å²) in [7, 11) is 0. The van der Waals surface area contributed by atoms with Crippen LogP contribution in [-0.2, 0) is 11.4 Å². The maximum atomic E-state index is 11.9. The number of carbonyl (C=O) groups is 2. The summed E-state index contributed by atoms with van der Waals surface area (Å²) in [5, 5.41) is 0. The lowest BCUT2D eigenvalue weighted by atomic mass is 10.1. The molecule has 24 heavy (non-hydrogen) atoms. The predicted molar refractivity (Wildman–Crippen MR) is 89.2 cm³/mol. The summed E-state index contributed by atoms with van der Waals surface area (Å²) in [6.07, 6.45) is 1.13. The van der Waals surface area contributed by atoms with Gasteiger partial charge in [-0.2, -0.15) is 0 Å². The van der Waals surface area contributed by atoms with Gasteiger partial charge in [0.15, 0.2) is 5.76 Å². The van der Waals surface area contributed by atoms with Crippen molar-refractivity contribution in [2.24, 2.45) is 5.92 Å². The van der Waals surface area contributed by atoms with Gasteiger partial charge in [0.1, 0.15) is 18.1 Å². The van der Waals surface area contributed by atoms with Crippen LogP contribution in [0.15, 0.2) is 46.9 Å². The minimum atomic E-state index is -0.501. The van der Waals surface area contributed by atoms with Crippen molar-refractivity contribution in [3.63, 3.8) is 0 Å². The van der Waals surface area contributed by atoms with Gasteiger partial charge in [-0.15, -0.1) is 0 Å². The lowest BCUT2D eigenvalue weighted by molar-refractivity contribution is -0.122. The Bertz CT molecular complexity index is 665. The second-order valence-corrected chi connectivity index (χ2v) is 5.80. The van der Waals surface area contributed by atoms with Gasteiger partial charge in [0, 0.05) is 6.42 Å². The van der Waals surface area contributed by atoms with Crippen LogP contribution in [0.2, 0.25) is 0 Å². The van der Waals surface area contributed by atoms with Gasteiger partial charge >= 0.3 is 5.91 Å². The van der Waals surface area contributed by atoms with Gasteiger partial charge in [-0.3, -0.25) is 20.4 Å². The van der Waals surface area contributed by atoms with E-state index in [1.54, 1.807) is 12.1 Å². The highest BCUT2D eigenvalue weighted by Crippen LogP contribution is 2.13. The van der Waals surface area contributed by atoms with Crippen LogP contribution in [0.3, 0.4) is 0 Å². The molecule has 6 nitrogen and oxygen atoms in total. The molecule has 1 aromatic carbocycles. The highest BCUT2D eigenvalue weighted by molar-refractivity contribution is 5.92. The number of nitrogens with one attached hydrogen (secondary N) is 2. The molecule has 128 valence electrons. The number of furan rings is 1. The highest BCUT2D eigenvalue weighted by Gasteiger charge is 2.12. The molecule has 0 fully saturated rings. The molecule has 0 unspecified atom stereocenters. The molecule has 1 heterocycles. The molecule has 0 aliphatic heterocycles. The second kappa shape index (κ2) is 8.76. The van der Waals surface area contributed by atoms with Crippen LogP contribution < -0.4 is 15.6 Å². The van der Waals surface area contributed by atoms with E-state index in [0.717, 1.165) is 12.2 Å². The van der Waals surface area contributed by atoms with Crippen molar-refractivity contribution in [1.82, 2.24) is 10.9 Å². The fraction of sp³-hybridized carbons (Fsp3) is 0.333. The van der Waals surface area contributed by atoms with Gasteiger partial charge in [-0.25, -0.2) is 0 Å². The largest absolute Gasteiger partial charge is 0.486 e. The van der Waals surface area contributed by atoms with Crippen LogP contribution in [0.1, 0.15) is 43.0 Å². The van der Waals surface area contributed by atoms with E-state index in [0.29, 0.717) is 18.1 Å². The Hall–Kier alpha value is -2.76. The Labute approximate surface area is 141 Å². The van der Waals surface area contributed by atoms with Crippen LogP contribution in [0.5, 0.6) is 5.75 Å². The van der Waals surface area contributed by atoms with Gasteiger partial charge < -0.3 is 9.15 Å². The van der Waals surface area contributed by atoms with Crippen LogP contribution in [0.25, 0.3) is 0 Å². The Morgan fingerprint density at radius 2 is 1.83 bits per heavy atom. The Morgan fingerprint density at radius 1 is 1.08 bits per heavy atom. The van der Waals surface area contributed by atoms with E-state index in [-0.39, 0.29) is 18.3 Å². The number of para-hydroxylation sites is 1. The summed E-state index contributed by atoms with van der Waals surface area (Å²) in [4.78, 5) is 23.5. The molecule has 2 amide bonds. The average Bonchev–Trinajstić information content (AvgIpc) is 3.06. The molecule has 0 bridgehead atoms. The lowest BCUT2D eigenvalue weighted by Gasteiger charge is -2.07. The summed E-state index contributed by atoms with van der Waals surface area (Å²) in [5.41, 5.74) is 4.71. The lowest BCUT2D eigenvalue weighted by Crippen LogP contribution is -2.41. The molecule has 0 spiro atoms. The molecule has 0 saturated heterocycles. The maximum absolute atomic E-state index is 11.9. The van der Waals surface area contributed by atoms with Crippen LogP contribution in [-0.4, -0.2) is 11.8 Å². The monoisotopic (exact) mass is 330 g/mol. The van der Waals surface area contributed by atoms with Gasteiger partial charge in [0.2, 0.25) is 5.91 Å². The fourth-order valence-electron chi connectivity index (χ4n) is 1.92. The molecule has 0 aliphatic rings. The zero-order chi connectivity index (χ0) is 17.4. The normalized spacial score (nSPS) is 10.5. The average molecular weight is 330 g/mol. The van der Waals surface area contributed by atoms with E-state index in [1.807, 2.05) is 44.2 Å². The molecule has 2 rings (SSSR count). The van der Waals surface area contributed by atoms with E-state index in [9.17, 15) is 9.59 Å². The first-order valence-electron chi connectivity index (χ1n) is 7.90.